The van der Waals surface area contributed by atoms with Gasteiger partial charge in [0.25, 0.3) is 0 Å². The standard InChI is InChI=1S/C15H20N4O2/c1-10-9-19(8-7-13(10)16)15-17-14(18-21-15)11-3-5-12(20-2)6-4-11/h3-6,10,13H,7-9,16H2,1-2H3. The lowest BCUT2D eigenvalue weighted by Crippen LogP contribution is -2.46. The second kappa shape index (κ2) is 5.73. The maximum absolute atomic E-state index is 6.04. The van der Waals surface area contributed by atoms with Crippen molar-refractivity contribution in [3.8, 4) is 17.1 Å². The highest BCUT2D eigenvalue weighted by atomic mass is 16.5. The van der Waals surface area contributed by atoms with Crippen LogP contribution in [0.1, 0.15) is 13.3 Å². The van der Waals surface area contributed by atoms with Gasteiger partial charge in [0, 0.05) is 24.7 Å². The zero-order valence-electron chi connectivity index (χ0n) is 12.3. The van der Waals surface area contributed by atoms with E-state index in [1.165, 1.54) is 0 Å². The third-order valence-electron chi connectivity index (χ3n) is 4.01. The molecule has 1 aromatic heterocycles. The quantitative estimate of drug-likeness (QED) is 0.929. The fourth-order valence-electron chi connectivity index (χ4n) is 2.54. The van der Waals surface area contributed by atoms with E-state index >= 15 is 0 Å². The van der Waals surface area contributed by atoms with Crippen LogP contribution in [-0.2, 0) is 0 Å². The van der Waals surface area contributed by atoms with Gasteiger partial charge in [0.1, 0.15) is 5.75 Å². The molecule has 0 bridgehead atoms. The minimum Gasteiger partial charge on any atom is -0.497 e. The number of aromatic nitrogens is 2. The van der Waals surface area contributed by atoms with E-state index < -0.39 is 0 Å². The summed E-state index contributed by atoms with van der Waals surface area (Å²) in [4.78, 5) is 6.59. The summed E-state index contributed by atoms with van der Waals surface area (Å²) in [7, 11) is 1.64. The third-order valence-corrected chi connectivity index (χ3v) is 4.01. The first-order chi connectivity index (χ1) is 10.2. The van der Waals surface area contributed by atoms with Gasteiger partial charge in [0.2, 0.25) is 5.82 Å². The second-order valence-electron chi connectivity index (χ2n) is 5.50. The van der Waals surface area contributed by atoms with Gasteiger partial charge in [-0.25, -0.2) is 0 Å². The molecule has 21 heavy (non-hydrogen) atoms. The van der Waals surface area contributed by atoms with E-state index in [2.05, 4.69) is 22.0 Å². The normalized spacial score (nSPS) is 22.3. The first-order valence-corrected chi connectivity index (χ1v) is 7.16. The van der Waals surface area contributed by atoms with E-state index in [0.717, 1.165) is 30.8 Å². The second-order valence-corrected chi connectivity index (χ2v) is 5.50. The molecule has 0 radical (unpaired) electrons. The van der Waals surface area contributed by atoms with Crippen LogP contribution in [0.25, 0.3) is 11.4 Å². The molecule has 2 unspecified atom stereocenters. The topological polar surface area (TPSA) is 77.4 Å². The lowest BCUT2D eigenvalue weighted by molar-refractivity contribution is 0.347. The summed E-state index contributed by atoms with van der Waals surface area (Å²) >= 11 is 0. The average Bonchev–Trinajstić information content (AvgIpc) is 3.00. The lowest BCUT2D eigenvalue weighted by Gasteiger charge is -2.33. The molecule has 1 aromatic carbocycles. The first kappa shape index (κ1) is 13.9. The highest BCUT2D eigenvalue weighted by Gasteiger charge is 2.26. The molecule has 2 N–H and O–H groups in total. The maximum atomic E-state index is 6.04. The van der Waals surface area contributed by atoms with E-state index in [1.807, 2.05) is 24.3 Å². The van der Waals surface area contributed by atoms with Gasteiger partial charge in [-0.2, -0.15) is 4.98 Å². The Morgan fingerprint density at radius 2 is 2.10 bits per heavy atom. The molecule has 1 aliphatic rings. The lowest BCUT2D eigenvalue weighted by atomic mass is 9.95. The Morgan fingerprint density at radius 1 is 1.33 bits per heavy atom. The third kappa shape index (κ3) is 2.85. The number of methoxy groups -OCH3 is 1. The van der Waals surface area contributed by atoms with Crippen molar-refractivity contribution < 1.29 is 9.26 Å². The molecule has 2 atom stereocenters. The van der Waals surface area contributed by atoms with E-state index in [1.54, 1.807) is 7.11 Å². The number of benzene rings is 1. The largest absolute Gasteiger partial charge is 0.497 e. The van der Waals surface area contributed by atoms with Crippen LogP contribution >= 0.6 is 0 Å². The number of ether oxygens (including phenoxy) is 1. The zero-order chi connectivity index (χ0) is 14.8. The average molecular weight is 288 g/mol. The number of rotatable bonds is 3. The molecule has 0 amide bonds. The van der Waals surface area contributed by atoms with Crippen molar-refractivity contribution in [1.29, 1.82) is 0 Å². The molecule has 1 saturated heterocycles. The summed E-state index contributed by atoms with van der Waals surface area (Å²) in [5.41, 5.74) is 6.95. The Morgan fingerprint density at radius 3 is 2.76 bits per heavy atom. The van der Waals surface area contributed by atoms with Gasteiger partial charge < -0.3 is 19.9 Å². The molecule has 112 valence electrons. The van der Waals surface area contributed by atoms with Crippen LogP contribution in [-0.4, -0.2) is 36.4 Å². The van der Waals surface area contributed by atoms with Crippen molar-refractivity contribution in [1.82, 2.24) is 10.1 Å². The summed E-state index contributed by atoms with van der Waals surface area (Å²) in [6.45, 7) is 3.86. The highest BCUT2D eigenvalue weighted by molar-refractivity contribution is 5.56. The molecule has 1 fully saturated rings. The summed E-state index contributed by atoms with van der Waals surface area (Å²) < 4.78 is 10.5. The van der Waals surface area contributed by atoms with Gasteiger partial charge in [0.15, 0.2) is 0 Å². The number of nitrogens with two attached hydrogens (primary N) is 1. The van der Waals surface area contributed by atoms with Crippen molar-refractivity contribution in [2.24, 2.45) is 11.7 Å². The Bertz CT molecular complexity index is 596. The van der Waals surface area contributed by atoms with Crippen molar-refractivity contribution in [2.75, 3.05) is 25.1 Å². The highest BCUT2D eigenvalue weighted by Crippen LogP contribution is 2.25. The van der Waals surface area contributed by atoms with Crippen LogP contribution in [0.5, 0.6) is 5.75 Å². The van der Waals surface area contributed by atoms with Crippen molar-refractivity contribution in [2.45, 2.75) is 19.4 Å². The minimum absolute atomic E-state index is 0.255. The molecule has 2 heterocycles. The van der Waals surface area contributed by atoms with Gasteiger partial charge in [-0.3, -0.25) is 0 Å². The van der Waals surface area contributed by atoms with Gasteiger partial charge in [-0.1, -0.05) is 12.1 Å². The molecular weight excluding hydrogens is 268 g/mol. The zero-order valence-corrected chi connectivity index (χ0v) is 12.3. The van der Waals surface area contributed by atoms with Gasteiger partial charge in [-0.15, -0.1) is 0 Å². The summed E-state index contributed by atoms with van der Waals surface area (Å²) in [6, 6.07) is 8.43. The molecule has 2 aromatic rings. The van der Waals surface area contributed by atoms with E-state index in [-0.39, 0.29) is 6.04 Å². The van der Waals surface area contributed by atoms with Crippen LogP contribution in [0.15, 0.2) is 28.8 Å². The van der Waals surface area contributed by atoms with E-state index in [9.17, 15) is 0 Å². The smallest absolute Gasteiger partial charge is 0.324 e. The van der Waals surface area contributed by atoms with Crippen LogP contribution in [0.3, 0.4) is 0 Å². The molecule has 0 saturated carbocycles. The molecule has 6 nitrogen and oxygen atoms in total. The summed E-state index contributed by atoms with van der Waals surface area (Å²) in [5, 5.41) is 4.06. The van der Waals surface area contributed by atoms with Crippen molar-refractivity contribution in [3.05, 3.63) is 24.3 Å². The molecule has 0 spiro atoms. The van der Waals surface area contributed by atoms with E-state index in [4.69, 9.17) is 15.0 Å². The minimum atomic E-state index is 0.255. The predicted molar refractivity (Wildman–Crippen MR) is 80.3 cm³/mol. The van der Waals surface area contributed by atoms with Crippen LogP contribution < -0.4 is 15.4 Å². The monoisotopic (exact) mass is 288 g/mol. The Balaban J connectivity index is 1.76. The Labute approximate surface area is 123 Å². The predicted octanol–water partition coefficient (Wildman–Crippen LogP) is 1.92. The summed E-state index contributed by atoms with van der Waals surface area (Å²) in [6.07, 6.45) is 0.946. The molecule has 1 aliphatic heterocycles. The fourth-order valence-corrected chi connectivity index (χ4v) is 2.54. The number of nitrogens with zero attached hydrogens (tertiary/aromatic N) is 3. The number of piperidine rings is 1. The SMILES string of the molecule is COc1ccc(-c2noc(N3CCC(N)C(C)C3)n2)cc1. The Kier molecular flexibility index (Phi) is 3.79. The Hall–Kier alpha value is -2.08. The number of hydrogen-bond acceptors (Lipinski definition) is 6. The van der Waals surface area contributed by atoms with Crippen molar-refractivity contribution in [3.63, 3.8) is 0 Å². The molecule has 0 aliphatic carbocycles. The van der Waals surface area contributed by atoms with Gasteiger partial charge >= 0.3 is 6.01 Å². The fraction of sp³-hybridized carbons (Fsp3) is 0.467. The maximum Gasteiger partial charge on any atom is 0.324 e. The number of hydrogen-bond donors (Lipinski definition) is 1. The van der Waals surface area contributed by atoms with Crippen LogP contribution in [0, 0.1) is 5.92 Å². The van der Waals surface area contributed by atoms with Crippen LogP contribution in [0.4, 0.5) is 6.01 Å². The summed E-state index contributed by atoms with van der Waals surface area (Å²) in [5.74, 6) is 1.83. The van der Waals surface area contributed by atoms with Gasteiger partial charge in [0.05, 0.1) is 7.11 Å². The first-order valence-electron chi connectivity index (χ1n) is 7.16. The van der Waals surface area contributed by atoms with Crippen molar-refractivity contribution >= 4 is 6.01 Å². The number of anilines is 1. The van der Waals surface area contributed by atoms with E-state index in [0.29, 0.717) is 17.8 Å². The molecular formula is C15H20N4O2. The van der Waals surface area contributed by atoms with Gasteiger partial charge in [-0.05, 0) is 36.6 Å². The molecule has 3 rings (SSSR count). The molecule has 6 heteroatoms. The van der Waals surface area contributed by atoms with Crippen LogP contribution in [0.2, 0.25) is 0 Å².